The smallest absolute Gasteiger partial charge is 0.311 e. The van der Waals surface area contributed by atoms with E-state index in [0.29, 0.717) is 24.4 Å². The van der Waals surface area contributed by atoms with Gasteiger partial charge in [0.05, 0.1) is 11.0 Å². The van der Waals surface area contributed by atoms with E-state index in [1.807, 2.05) is 11.9 Å². The monoisotopic (exact) mass is 354 g/mol. The molecular formula is C17H20ClFN2O3. The van der Waals surface area contributed by atoms with Crippen LogP contribution in [0, 0.1) is 11.2 Å². The van der Waals surface area contributed by atoms with Crippen LogP contribution in [0.15, 0.2) is 18.2 Å². The number of aliphatic carboxylic acids is 1. The second kappa shape index (κ2) is 6.33. The molecule has 1 amide bonds. The molecule has 1 N–H and O–H groups in total. The van der Waals surface area contributed by atoms with E-state index in [1.165, 1.54) is 18.2 Å². The minimum Gasteiger partial charge on any atom is -0.481 e. The number of likely N-dealkylation sites (tertiary alicyclic amines) is 2. The Morgan fingerprint density at radius 1 is 1.33 bits per heavy atom. The molecule has 0 saturated carbocycles. The number of carboxylic acids is 1. The molecule has 130 valence electrons. The van der Waals surface area contributed by atoms with Crippen molar-refractivity contribution in [2.45, 2.75) is 25.3 Å². The fourth-order valence-electron chi connectivity index (χ4n) is 4.00. The van der Waals surface area contributed by atoms with Crippen LogP contribution in [0.3, 0.4) is 0 Å². The predicted molar refractivity (Wildman–Crippen MR) is 87.7 cm³/mol. The van der Waals surface area contributed by atoms with Crippen LogP contribution < -0.4 is 0 Å². The van der Waals surface area contributed by atoms with E-state index in [0.717, 1.165) is 13.0 Å². The molecule has 1 aromatic carbocycles. The Labute approximate surface area is 145 Å². The normalized spacial score (nSPS) is 27.6. The summed E-state index contributed by atoms with van der Waals surface area (Å²) in [6.07, 6.45) is 1.83. The van der Waals surface area contributed by atoms with Crippen LogP contribution >= 0.6 is 11.6 Å². The number of benzene rings is 1. The first-order valence-corrected chi connectivity index (χ1v) is 8.41. The van der Waals surface area contributed by atoms with Crippen molar-refractivity contribution in [3.05, 3.63) is 34.6 Å². The Morgan fingerprint density at radius 3 is 2.79 bits per heavy atom. The second-order valence-corrected chi connectivity index (χ2v) is 7.12. The summed E-state index contributed by atoms with van der Waals surface area (Å²) >= 11 is 5.87. The van der Waals surface area contributed by atoms with E-state index >= 15 is 0 Å². The molecule has 2 aliphatic rings. The molecule has 2 heterocycles. The molecule has 1 aromatic rings. The van der Waals surface area contributed by atoms with E-state index in [1.54, 1.807) is 4.90 Å². The number of nitrogens with zero attached hydrogens (tertiary/aromatic N) is 2. The highest BCUT2D eigenvalue weighted by Crippen LogP contribution is 2.42. The molecule has 7 heteroatoms. The van der Waals surface area contributed by atoms with Gasteiger partial charge in [-0.15, -0.1) is 0 Å². The molecule has 0 aliphatic carbocycles. The summed E-state index contributed by atoms with van der Waals surface area (Å²) in [5, 5.41) is 10.1. The highest BCUT2D eigenvalue weighted by Gasteiger charge is 2.52. The summed E-state index contributed by atoms with van der Waals surface area (Å²) in [6.45, 7) is 1.39. The molecule has 0 radical (unpaired) electrons. The molecule has 5 nitrogen and oxygen atoms in total. The van der Waals surface area contributed by atoms with Gasteiger partial charge in [-0.25, -0.2) is 4.39 Å². The number of amides is 1. The van der Waals surface area contributed by atoms with Gasteiger partial charge in [0, 0.05) is 24.2 Å². The van der Waals surface area contributed by atoms with Gasteiger partial charge in [0.25, 0.3) is 5.91 Å². The van der Waals surface area contributed by atoms with Crippen molar-refractivity contribution in [1.82, 2.24) is 9.80 Å². The number of hydrogen-bond donors (Lipinski definition) is 1. The summed E-state index contributed by atoms with van der Waals surface area (Å²) in [5.41, 5.74) is -0.889. The predicted octanol–water partition coefficient (Wildman–Crippen LogP) is 2.49. The quantitative estimate of drug-likeness (QED) is 0.886. The molecule has 2 aliphatic heterocycles. The molecule has 2 fully saturated rings. The van der Waals surface area contributed by atoms with Crippen LogP contribution in [-0.2, 0) is 4.79 Å². The lowest BCUT2D eigenvalue weighted by atomic mass is 9.68. The lowest BCUT2D eigenvalue weighted by Crippen LogP contribution is -2.63. The summed E-state index contributed by atoms with van der Waals surface area (Å²) in [5.74, 6) is -1.86. The number of hydrogen-bond acceptors (Lipinski definition) is 3. The number of rotatable bonds is 2. The fourth-order valence-corrected chi connectivity index (χ4v) is 4.17. The van der Waals surface area contributed by atoms with Crippen molar-refractivity contribution in [3.8, 4) is 0 Å². The molecule has 3 rings (SSSR count). The Hall–Kier alpha value is -1.66. The van der Waals surface area contributed by atoms with Gasteiger partial charge in [-0.1, -0.05) is 11.6 Å². The fraction of sp³-hybridized carbons (Fsp3) is 0.529. The first-order chi connectivity index (χ1) is 11.3. The summed E-state index contributed by atoms with van der Waals surface area (Å²) in [6, 6.07) is 3.63. The van der Waals surface area contributed by atoms with Crippen LogP contribution in [-0.4, -0.2) is 59.5 Å². The van der Waals surface area contributed by atoms with E-state index in [2.05, 4.69) is 0 Å². The van der Waals surface area contributed by atoms with Crippen molar-refractivity contribution < 1.29 is 19.1 Å². The van der Waals surface area contributed by atoms with Crippen molar-refractivity contribution in [2.75, 3.05) is 26.7 Å². The number of likely N-dealkylation sites (N-methyl/N-ethyl adjacent to an activating group) is 1. The summed E-state index contributed by atoms with van der Waals surface area (Å²) in [7, 11) is 1.88. The lowest BCUT2D eigenvalue weighted by Gasteiger charge is -2.51. The Kier molecular flexibility index (Phi) is 4.53. The highest BCUT2D eigenvalue weighted by molar-refractivity contribution is 6.31. The summed E-state index contributed by atoms with van der Waals surface area (Å²) in [4.78, 5) is 28.1. The molecule has 0 aromatic heterocycles. The highest BCUT2D eigenvalue weighted by atomic mass is 35.5. The van der Waals surface area contributed by atoms with Gasteiger partial charge in [-0.3, -0.25) is 9.59 Å². The zero-order chi connectivity index (χ0) is 17.5. The van der Waals surface area contributed by atoms with Crippen LogP contribution in [0.4, 0.5) is 4.39 Å². The first kappa shape index (κ1) is 17.2. The average Bonchev–Trinajstić information content (AvgIpc) is 2.56. The van der Waals surface area contributed by atoms with Gasteiger partial charge in [0.15, 0.2) is 0 Å². The van der Waals surface area contributed by atoms with E-state index in [9.17, 15) is 19.1 Å². The molecule has 2 atom stereocenters. The first-order valence-electron chi connectivity index (χ1n) is 8.03. The lowest BCUT2D eigenvalue weighted by molar-refractivity contribution is -0.161. The van der Waals surface area contributed by atoms with Crippen molar-refractivity contribution in [2.24, 2.45) is 5.41 Å². The van der Waals surface area contributed by atoms with Gasteiger partial charge in [-0.2, -0.15) is 0 Å². The van der Waals surface area contributed by atoms with Crippen LogP contribution in [0.2, 0.25) is 5.02 Å². The van der Waals surface area contributed by atoms with E-state index in [4.69, 9.17) is 11.6 Å². The maximum absolute atomic E-state index is 14.0. The van der Waals surface area contributed by atoms with Crippen molar-refractivity contribution in [1.29, 1.82) is 0 Å². The van der Waals surface area contributed by atoms with Crippen LogP contribution in [0.1, 0.15) is 29.6 Å². The molecule has 0 unspecified atom stereocenters. The largest absolute Gasteiger partial charge is 0.481 e. The number of carboxylic acid groups (broad SMARTS) is 1. The Morgan fingerprint density at radius 2 is 2.08 bits per heavy atom. The third-order valence-electron chi connectivity index (χ3n) is 5.40. The van der Waals surface area contributed by atoms with E-state index in [-0.39, 0.29) is 18.2 Å². The molecule has 0 bridgehead atoms. The number of halogens is 2. The minimum absolute atomic E-state index is 0.0659. The zero-order valence-corrected chi connectivity index (χ0v) is 14.2. The number of piperidine rings is 2. The average molecular weight is 355 g/mol. The molecule has 2 saturated heterocycles. The molecular weight excluding hydrogens is 335 g/mol. The van der Waals surface area contributed by atoms with Crippen molar-refractivity contribution >= 4 is 23.5 Å². The number of fused-ring (bicyclic) bond motifs is 1. The summed E-state index contributed by atoms with van der Waals surface area (Å²) < 4.78 is 14.0. The van der Waals surface area contributed by atoms with Gasteiger partial charge >= 0.3 is 5.97 Å². The van der Waals surface area contributed by atoms with Gasteiger partial charge in [0.2, 0.25) is 0 Å². The Balaban J connectivity index is 1.86. The van der Waals surface area contributed by atoms with Gasteiger partial charge in [-0.05, 0) is 51.1 Å². The van der Waals surface area contributed by atoms with Gasteiger partial charge < -0.3 is 14.9 Å². The maximum atomic E-state index is 14.0. The van der Waals surface area contributed by atoms with Crippen LogP contribution in [0.25, 0.3) is 0 Å². The van der Waals surface area contributed by atoms with E-state index < -0.39 is 23.1 Å². The number of carbonyl (C=O) groups excluding carboxylic acids is 1. The van der Waals surface area contributed by atoms with Gasteiger partial charge in [0.1, 0.15) is 5.82 Å². The SMILES string of the molecule is CN1CCC[C@]2(C(=O)O)CCN(C(=O)c3cc(Cl)ccc3F)C[C@@H]12. The maximum Gasteiger partial charge on any atom is 0.311 e. The van der Waals surface area contributed by atoms with Crippen LogP contribution in [0.5, 0.6) is 0 Å². The standard InChI is InChI=1S/C17H20ClFN2O3/c1-20-7-2-5-17(16(23)24)6-8-21(10-14(17)20)15(22)12-9-11(18)3-4-13(12)19/h3-4,9,14H,2,5-8,10H2,1H3,(H,23,24)/t14-,17+/m1/s1. The molecule has 0 spiro atoms. The molecule has 24 heavy (non-hydrogen) atoms. The Bertz CT molecular complexity index is 684. The number of carbonyl (C=O) groups is 2. The third kappa shape index (κ3) is 2.78. The van der Waals surface area contributed by atoms with Crippen molar-refractivity contribution in [3.63, 3.8) is 0 Å². The second-order valence-electron chi connectivity index (χ2n) is 6.69. The topological polar surface area (TPSA) is 60.9 Å². The third-order valence-corrected chi connectivity index (χ3v) is 5.63. The minimum atomic E-state index is -0.823. The zero-order valence-electron chi connectivity index (χ0n) is 13.5.